The lowest BCUT2D eigenvalue weighted by atomic mass is 9.86. The second-order valence-corrected chi connectivity index (χ2v) is 8.61. The molecule has 2 rings (SSSR count). The lowest BCUT2D eigenvalue weighted by Crippen LogP contribution is -2.39. The summed E-state index contributed by atoms with van der Waals surface area (Å²) in [4.78, 5) is 6.31. The Kier molecular flexibility index (Phi) is 7.84. The van der Waals surface area contributed by atoms with Crippen LogP contribution in [0.1, 0.15) is 31.7 Å². The number of guanidine groups is 1. The Hall–Kier alpha value is -1.67. The molecule has 1 saturated carbocycles. The number of hydrogen-bond acceptors (Lipinski definition) is 3. The lowest BCUT2D eigenvalue weighted by Gasteiger charge is -2.25. The van der Waals surface area contributed by atoms with Crippen molar-refractivity contribution in [3.05, 3.63) is 35.6 Å². The Morgan fingerprint density at radius 2 is 2.00 bits per heavy atom. The predicted octanol–water partition coefficient (Wildman–Crippen LogP) is 1.94. The minimum Gasteiger partial charge on any atom is -0.357 e. The second-order valence-electron chi connectivity index (χ2n) is 6.68. The number of benzene rings is 1. The molecule has 0 saturated heterocycles. The van der Waals surface area contributed by atoms with E-state index in [2.05, 4.69) is 15.0 Å². The zero-order valence-corrected chi connectivity index (χ0v) is 16.4. The van der Waals surface area contributed by atoms with Crippen LogP contribution >= 0.6 is 0 Å². The van der Waals surface area contributed by atoms with Crippen molar-refractivity contribution in [3.63, 3.8) is 0 Å². The van der Waals surface area contributed by atoms with Gasteiger partial charge in [-0.15, -0.1) is 0 Å². The number of sulfonamides is 1. The molecule has 1 aliphatic carbocycles. The van der Waals surface area contributed by atoms with E-state index in [0.29, 0.717) is 31.5 Å². The molecule has 0 heterocycles. The molecule has 0 radical (unpaired) electrons. The molecule has 0 atom stereocenters. The summed E-state index contributed by atoms with van der Waals surface area (Å²) in [5, 5.41) is 3.16. The largest absolute Gasteiger partial charge is 0.357 e. The van der Waals surface area contributed by atoms with Gasteiger partial charge in [0.05, 0.1) is 12.3 Å². The van der Waals surface area contributed by atoms with Gasteiger partial charge in [0.25, 0.3) is 0 Å². The third-order valence-electron chi connectivity index (χ3n) is 4.47. The average Bonchev–Trinajstić information content (AvgIpc) is 2.54. The van der Waals surface area contributed by atoms with Crippen LogP contribution in [0.5, 0.6) is 0 Å². The molecule has 8 heteroatoms. The molecule has 146 valence electrons. The summed E-state index contributed by atoms with van der Waals surface area (Å²) < 4.78 is 39.8. The quantitative estimate of drug-likeness (QED) is 0.504. The van der Waals surface area contributed by atoms with E-state index in [-0.39, 0.29) is 18.1 Å². The van der Waals surface area contributed by atoms with Crippen LogP contribution in [0.4, 0.5) is 4.39 Å². The van der Waals surface area contributed by atoms with Crippen LogP contribution in [0, 0.1) is 11.7 Å². The first kappa shape index (κ1) is 20.6. The molecule has 6 nitrogen and oxygen atoms in total. The molecular formula is C18H29FN4O2S. The van der Waals surface area contributed by atoms with Gasteiger partial charge in [-0.3, -0.25) is 4.99 Å². The molecule has 2 N–H and O–H groups in total. The molecule has 0 aromatic heterocycles. The van der Waals surface area contributed by atoms with E-state index < -0.39 is 10.0 Å². The molecule has 0 spiro atoms. The van der Waals surface area contributed by atoms with Gasteiger partial charge in [-0.25, -0.2) is 17.5 Å². The van der Waals surface area contributed by atoms with E-state index in [1.54, 1.807) is 12.1 Å². The normalized spacial score (nSPS) is 15.6. The van der Waals surface area contributed by atoms with Gasteiger partial charge in [0.15, 0.2) is 5.96 Å². The summed E-state index contributed by atoms with van der Waals surface area (Å²) in [5.74, 6) is 0.828. The first-order valence-electron chi connectivity index (χ1n) is 9.11. The van der Waals surface area contributed by atoms with Gasteiger partial charge in [-0.2, -0.15) is 0 Å². The number of nitrogens with one attached hydrogen (secondary N) is 2. The molecule has 0 bridgehead atoms. The number of hydrogen-bond donors (Lipinski definition) is 2. The van der Waals surface area contributed by atoms with E-state index in [0.717, 1.165) is 18.4 Å². The summed E-state index contributed by atoms with van der Waals surface area (Å²) >= 11 is 0. The van der Waals surface area contributed by atoms with E-state index in [4.69, 9.17) is 0 Å². The van der Waals surface area contributed by atoms with Crippen molar-refractivity contribution >= 4 is 16.0 Å². The summed E-state index contributed by atoms with van der Waals surface area (Å²) in [7, 11) is -1.43. The van der Waals surface area contributed by atoms with Crippen LogP contribution in [0.2, 0.25) is 0 Å². The standard InChI is InChI=1S/C18H29FN4O2S/c1-3-20-18(23(2)14-16-7-9-17(19)10-8-16)21-11-12-26(24,25)22-13-15-5-4-6-15/h7-10,15,22H,3-6,11-14H2,1-2H3,(H,20,21). The smallest absolute Gasteiger partial charge is 0.213 e. The first-order valence-corrected chi connectivity index (χ1v) is 10.8. The average molecular weight is 385 g/mol. The molecule has 0 amide bonds. The van der Waals surface area contributed by atoms with E-state index >= 15 is 0 Å². The van der Waals surface area contributed by atoms with Gasteiger partial charge in [-0.1, -0.05) is 18.6 Å². The van der Waals surface area contributed by atoms with Gasteiger partial charge < -0.3 is 10.2 Å². The van der Waals surface area contributed by atoms with Gasteiger partial charge in [0, 0.05) is 26.7 Å². The fourth-order valence-electron chi connectivity index (χ4n) is 2.69. The number of rotatable bonds is 9. The Balaban J connectivity index is 1.86. The molecular weight excluding hydrogens is 355 g/mol. The highest BCUT2D eigenvalue weighted by atomic mass is 32.2. The third kappa shape index (κ3) is 6.92. The molecule has 26 heavy (non-hydrogen) atoms. The van der Waals surface area contributed by atoms with Crippen LogP contribution in [-0.2, 0) is 16.6 Å². The topological polar surface area (TPSA) is 73.8 Å². The summed E-state index contributed by atoms with van der Waals surface area (Å²) in [6.45, 7) is 3.92. The Morgan fingerprint density at radius 3 is 2.58 bits per heavy atom. The molecule has 1 fully saturated rings. The van der Waals surface area contributed by atoms with Crippen molar-refractivity contribution in [2.45, 2.75) is 32.7 Å². The summed E-state index contributed by atoms with van der Waals surface area (Å²) in [5.41, 5.74) is 0.953. The minimum absolute atomic E-state index is 0.0288. The van der Waals surface area contributed by atoms with Gasteiger partial charge in [0.1, 0.15) is 5.82 Å². The number of halogens is 1. The zero-order valence-electron chi connectivity index (χ0n) is 15.5. The fraction of sp³-hybridized carbons (Fsp3) is 0.611. The van der Waals surface area contributed by atoms with Crippen LogP contribution in [0.3, 0.4) is 0 Å². The van der Waals surface area contributed by atoms with E-state index in [9.17, 15) is 12.8 Å². The predicted molar refractivity (Wildman–Crippen MR) is 103 cm³/mol. The third-order valence-corrected chi connectivity index (χ3v) is 5.79. The Morgan fingerprint density at radius 1 is 1.31 bits per heavy atom. The highest BCUT2D eigenvalue weighted by molar-refractivity contribution is 7.89. The van der Waals surface area contributed by atoms with E-state index in [1.807, 2.05) is 18.9 Å². The maximum Gasteiger partial charge on any atom is 0.213 e. The van der Waals surface area contributed by atoms with Gasteiger partial charge >= 0.3 is 0 Å². The molecule has 1 aliphatic rings. The van der Waals surface area contributed by atoms with Crippen LogP contribution in [0.15, 0.2) is 29.3 Å². The number of aliphatic imine (C=N–C) groups is 1. The summed E-state index contributed by atoms with van der Waals surface area (Å²) in [6, 6.07) is 6.30. The highest BCUT2D eigenvalue weighted by Gasteiger charge is 2.20. The minimum atomic E-state index is -3.30. The monoisotopic (exact) mass is 384 g/mol. The van der Waals surface area contributed by atoms with Crippen LogP contribution in [-0.4, -0.2) is 51.7 Å². The highest BCUT2D eigenvalue weighted by Crippen LogP contribution is 2.25. The Bertz CT molecular complexity index is 688. The summed E-state index contributed by atoms with van der Waals surface area (Å²) in [6.07, 6.45) is 3.42. The van der Waals surface area contributed by atoms with Crippen molar-refractivity contribution in [2.75, 3.05) is 32.4 Å². The van der Waals surface area contributed by atoms with Crippen LogP contribution in [0.25, 0.3) is 0 Å². The molecule has 1 aromatic rings. The van der Waals surface area contributed by atoms with Crippen molar-refractivity contribution in [1.29, 1.82) is 0 Å². The zero-order chi connectivity index (χ0) is 19.0. The van der Waals surface area contributed by atoms with E-state index in [1.165, 1.54) is 18.6 Å². The van der Waals surface area contributed by atoms with Crippen molar-refractivity contribution in [1.82, 2.24) is 14.9 Å². The van der Waals surface area contributed by atoms with Crippen molar-refractivity contribution < 1.29 is 12.8 Å². The lowest BCUT2D eigenvalue weighted by molar-refractivity contribution is 0.316. The maximum absolute atomic E-state index is 13.0. The molecule has 0 aliphatic heterocycles. The van der Waals surface area contributed by atoms with Crippen molar-refractivity contribution in [3.8, 4) is 0 Å². The van der Waals surface area contributed by atoms with Gasteiger partial charge in [-0.05, 0) is 43.4 Å². The maximum atomic E-state index is 13.0. The Labute approximate surface area is 155 Å². The molecule has 1 aromatic carbocycles. The fourth-order valence-corrected chi connectivity index (χ4v) is 3.66. The van der Waals surface area contributed by atoms with Crippen LogP contribution < -0.4 is 10.0 Å². The second kappa shape index (κ2) is 9.87. The number of nitrogens with zero attached hydrogens (tertiary/aromatic N) is 2. The van der Waals surface area contributed by atoms with Crippen molar-refractivity contribution in [2.24, 2.45) is 10.9 Å². The van der Waals surface area contributed by atoms with Gasteiger partial charge in [0.2, 0.25) is 10.0 Å². The first-order chi connectivity index (χ1) is 12.4. The molecule has 0 unspecified atom stereocenters. The SMILES string of the molecule is CCNC(=NCCS(=O)(=O)NCC1CCC1)N(C)Cc1ccc(F)cc1.